The van der Waals surface area contributed by atoms with E-state index in [9.17, 15) is 0 Å². The predicted molar refractivity (Wildman–Crippen MR) is 78.3 cm³/mol. The summed E-state index contributed by atoms with van der Waals surface area (Å²) < 4.78 is 1.03. The topological polar surface area (TPSA) is 28.7 Å². The maximum atomic E-state index is 4.30. The van der Waals surface area contributed by atoms with Crippen LogP contribution in [-0.2, 0) is 5.75 Å². The molecule has 0 radical (unpaired) electrons. The molecule has 88 valence electrons. The molecule has 0 aliphatic rings. The van der Waals surface area contributed by atoms with E-state index in [0.29, 0.717) is 0 Å². The van der Waals surface area contributed by atoms with Crippen LogP contribution in [0.4, 0.5) is 0 Å². The number of aromatic nitrogens is 2. The molecule has 0 fully saturated rings. The number of imidazole rings is 1. The van der Waals surface area contributed by atoms with Crippen molar-refractivity contribution in [3.8, 4) is 11.4 Å². The summed E-state index contributed by atoms with van der Waals surface area (Å²) in [7, 11) is 0. The van der Waals surface area contributed by atoms with Gasteiger partial charge in [0.25, 0.3) is 0 Å². The first-order valence-electron chi connectivity index (χ1n) is 5.26. The van der Waals surface area contributed by atoms with E-state index >= 15 is 0 Å². The molecule has 0 aliphatic carbocycles. The third kappa shape index (κ3) is 3.48. The molecule has 0 spiro atoms. The molecule has 1 aromatic carbocycles. The summed E-state index contributed by atoms with van der Waals surface area (Å²) in [6, 6.07) is 8.33. The van der Waals surface area contributed by atoms with Crippen molar-refractivity contribution in [1.29, 1.82) is 0 Å². The second-order valence-corrected chi connectivity index (χ2v) is 5.71. The highest BCUT2D eigenvalue weighted by molar-refractivity contribution is 9.11. The van der Waals surface area contributed by atoms with E-state index in [1.54, 1.807) is 6.20 Å². The Bertz CT molecular complexity index is 494. The molecule has 0 atom stereocenters. The second-order valence-electron chi connectivity index (χ2n) is 3.60. The Labute approximate surface area is 114 Å². The number of H-pyrrole nitrogens is 1. The molecule has 0 saturated carbocycles. The van der Waals surface area contributed by atoms with E-state index in [4.69, 9.17) is 0 Å². The summed E-state index contributed by atoms with van der Waals surface area (Å²) in [4.78, 5) is 7.44. The van der Waals surface area contributed by atoms with Crippen molar-refractivity contribution < 1.29 is 0 Å². The number of hydrogen-bond donors (Lipinski definition) is 1. The fourth-order valence-electron chi connectivity index (χ4n) is 1.56. The summed E-state index contributed by atoms with van der Waals surface area (Å²) in [6.45, 7) is 3.84. The number of halogens is 1. The van der Waals surface area contributed by atoms with Crippen LogP contribution in [0.2, 0.25) is 0 Å². The van der Waals surface area contributed by atoms with E-state index in [-0.39, 0.29) is 0 Å². The van der Waals surface area contributed by atoms with Gasteiger partial charge in [-0.25, -0.2) is 4.98 Å². The van der Waals surface area contributed by atoms with Gasteiger partial charge in [-0.15, -0.1) is 0 Å². The van der Waals surface area contributed by atoms with Gasteiger partial charge in [0, 0.05) is 29.5 Å². The summed E-state index contributed by atoms with van der Waals surface area (Å²) in [5.74, 6) is 2.81. The van der Waals surface area contributed by atoms with Crippen LogP contribution in [0.25, 0.3) is 11.4 Å². The number of nitrogens with one attached hydrogen (secondary N) is 1. The predicted octanol–water partition coefficient (Wildman–Crippen LogP) is 4.22. The number of aromatic amines is 1. The summed E-state index contributed by atoms with van der Waals surface area (Å²) >= 11 is 5.21. The Hall–Kier alpha value is -1.00. The lowest BCUT2D eigenvalue weighted by Gasteiger charge is -2.06. The molecule has 0 bridgehead atoms. The zero-order valence-corrected chi connectivity index (χ0v) is 11.7. The molecule has 0 amide bonds. The van der Waals surface area contributed by atoms with E-state index < -0.39 is 0 Å². The molecular weight excluding hydrogens is 296 g/mol. The average molecular weight is 309 g/mol. The smallest absolute Gasteiger partial charge is 0.137 e. The third-order valence-corrected chi connectivity index (χ3v) is 4.01. The number of hydrogen-bond acceptors (Lipinski definition) is 2. The largest absolute Gasteiger partial charge is 0.345 e. The number of thioether (sulfide) groups is 1. The minimum absolute atomic E-state index is 0.923. The highest BCUT2D eigenvalue weighted by atomic mass is 79.9. The maximum absolute atomic E-state index is 4.30. The number of rotatable bonds is 5. The van der Waals surface area contributed by atoms with Gasteiger partial charge in [0.2, 0.25) is 0 Å². The Morgan fingerprint density at radius 2 is 2.24 bits per heavy atom. The normalized spacial score (nSPS) is 10.4. The van der Waals surface area contributed by atoms with Crippen molar-refractivity contribution >= 4 is 27.7 Å². The highest BCUT2D eigenvalue weighted by Gasteiger charge is 2.06. The SMILES string of the molecule is C=C(Br)CSCc1ccccc1-c1ncc[nH]1. The van der Waals surface area contributed by atoms with Crippen LogP contribution < -0.4 is 0 Å². The lowest BCUT2D eigenvalue weighted by atomic mass is 10.1. The van der Waals surface area contributed by atoms with Crippen molar-refractivity contribution in [2.45, 2.75) is 5.75 Å². The van der Waals surface area contributed by atoms with Gasteiger partial charge in [0.1, 0.15) is 5.82 Å². The van der Waals surface area contributed by atoms with Crippen molar-refractivity contribution in [1.82, 2.24) is 9.97 Å². The van der Waals surface area contributed by atoms with Crippen LogP contribution in [0.3, 0.4) is 0 Å². The quantitative estimate of drug-likeness (QED) is 0.896. The van der Waals surface area contributed by atoms with Crippen molar-refractivity contribution in [2.75, 3.05) is 5.75 Å². The average Bonchev–Trinajstić information content (AvgIpc) is 2.82. The zero-order chi connectivity index (χ0) is 12.1. The molecular formula is C13H13BrN2S. The Morgan fingerprint density at radius 1 is 1.41 bits per heavy atom. The van der Waals surface area contributed by atoms with Crippen molar-refractivity contribution in [3.05, 3.63) is 53.3 Å². The molecule has 4 heteroatoms. The van der Waals surface area contributed by atoms with Gasteiger partial charge < -0.3 is 4.98 Å². The van der Waals surface area contributed by atoms with E-state index in [0.717, 1.165) is 21.8 Å². The molecule has 0 saturated heterocycles. The van der Waals surface area contributed by atoms with E-state index in [1.807, 2.05) is 24.0 Å². The van der Waals surface area contributed by atoms with Crippen LogP contribution in [0, 0.1) is 0 Å². The molecule has 0 aliphatic heterocycles. The fraction of sp³-hybridized carbons (Fsp3) is 0.154. The molecule has 17 heavy (non-hydrogen) atoms. The van der Waals surface area contributed by atoms with Gasteiger partial charge in [-0.05, 0) is 10.0 Å². The van der Waals surface area contributed by atoms with Crippen LogP contribution in [0.15, 0.2) is 47.7 Å². The minimum Gasteiger partial charge on any atom is -0.345 e. The van der Waals surface area contributed by atoms with E-state index in [1.165, 1.54) is 11.1 Å². The highest BCUT2D eigenvalue weighted by Crippen LogP contribution is 2.25. The van der Waals surface area contributed by atoms with Gasteiger partial charge in [-0.2, -0.15) is 11.8 Å². The number of nitrogens with zero attached hydrogens (tertiary/aromatic N) is 1. The molecule has 2 nitrogen and oxygen atoms in total. The summed E-state index contributed by atoms with van der Waals surface area (Å²) in [5.41, 5.74) is 2.46. The van der Waals surface area contributed by atoms with Crippen LogP contribution >= 0.6 is 27.7 Å². The molecule has 1 N–H and O–H groups in total. The third-order valence-electron chi connectivity index (χ3n) is 2.29. The second kappa shape index (κ2) is 6.07. The van der Waals surface area contributed by atoms with Gasteiger partial charge >= 0.3 is 0 Å². The molecule has 0 unspecified atom stereocenters. The van der Waals surface area contributed by atoms with E-state index in [2.05, 4.69) is 50.7 Å². The van der Waals surface area contributed by atoms with Gasteiger partial charge in [-0.1, -0.05) is 46.8 Å². The molecule has 2 aromatic rings. The zero-order valence-electron chi connectivity index (χ0n) is 9.32. The first-order valence-corrected chi connectivity index (χ1v) is 7.21. The maximum Gasteiger partial charge on any atom is 0.137 e. The molecule has 1 heterocycles. The van der Waals surface area contributed by atoms with Gasteiger partial charge in [0.15, 0.2) is 0 Å². The van der Waals surface area contributed by atoms with Crippen molar-refractivity contribution in [3.63, 3.8) is 0 Å². The summed E-state index contributed by atoms with van der Waals surface area (Å²) in [6.07, 6.45) is 3.62. The van der Waals surface area contributed by atoms with Crippen LogP contribution in [0.1, 0.15) is 5.56 Å². The van der Waals surface area contributed by atoms with Gasteiger partial charge in [-0.3, -0.25) is 0 Å². The lowest BCUT2D eigenvalue weighted by molar-refractivity contribution is 1.28. The molecule has 2 rings (SSSR count). The fourth-order valence-corrected chi connectivity index (χ4v) is 2.84. The molecule has 1 aromatic heterocycles. The Kier molecular flexibility index (Phi) is 4.45. The minimum atomic E-state index is 0.923. The lowest BCUT2D eigenvalue weighted by Crippen LogP contribution is -1.90. The van der Waals surface area contributed by atoms with Crippen LogP contribution in [-0.4, -0.2) is 15.7 Å². The first-order chi connectivity index (χ1) is 8.27. The first kappa shape index (κ1) is 12.5. The van der Waals surface area contributed by atoms with Gasteiger partial charge in [0.05, 0.1) is 0 Å². The van der Waals surface area contributed by atoms with Crippen LogP contribution in [0.5, 0.6) is 0 Å². The standard InChI is InChI=1S/C13H13BrN2S/c1-10(14)8-17-9-11-4-2-3-5-12(11)13-15-6-7-16-13/h2-7H,1,8-9H2,(H,15,16). The van der Waals surface area contributed by atoms with Crippen molar-refractivity contribution in [2.24, 2.45) is 0 Å². The monoisotopic (exact) mass is 308 g/mol. The Balaban J connectivity index is 2.14. The summed E-state index contributed by atoms with van der Waals surface area (Å²) in [5, 5.41) is 0. The Morgan fingerprint density at radius 3 is 2.94 bits per heavy atom. The number of benzene rings is 1.